The Bertz CT molecular complexity index is 677. The smallest absolute Gasteiger partial charge is 0.315 e. The summed E-state index contributed by atoms with van der Waals surface area (Å²) >= 11 is 12.0. The zero-order chi connectivity index (χ0) is 16.7. The van der Waals surface area contributed by atoms with E-state index in [-0.39, 0.29) is 6.03 Å². The molecule has 0 bridgehead atoms. The summed E-state index contributed by atoms with van der Waals surface area (Å²) in [6, 6.07) is 12.6. The molecule has 0 unspecified atom stereocenters. The monoisotopic (exact) mass is 352 g/mol. The lowest BCUT2D eigenvalue weighted by Crippen LogP contribution is -2.37. The molecule has 0 aliphatic rings. The highest BCUT2D eigenvalue weighted by atomic mass is 35.5. The van der Waals surface area contributed by atoms with Crippen LogP contribution in [-0.2, 0) is 6.54 Å². The Balaban J connectivity index is 1.67. The third-order valence-corrected chi connectivity index (χ3v) is 3.98. The Morgan fingerprint density at radius 1 is 1.09 bits per heavy atom. The molecule has 0 aliphatic carbocycles. The van der Waals surface area contributed by atoms with E-state index in [1.165, 1.54) is 0 Å². The van der Waals surface area contributed by atoms with Crippen LogP contribution < -0.4 is 15.4 Å². The number of halogens is 2. The molecule has 0 aliphatic heterocycles. The summed E-state index contributed by atoms with van der Waals surface area (Å²) in [6.07, 6.45) is 0. The number of amides is 2. The highest BCUT2D eigenvalue weighted by molar-refractivity contribution is 6.31. The minimum absolute atomic E-state index is 0.263. The van der Waals surface area contributed by atoms with Crippen molar-refractivity contribution in [2.24, 2.45) is 0 Å². The standard InChI is InChI=1S/C17H18Cl2N2O2/c1-12-10-14(6-7-15(12)18)23-9-8-20-17(22)21-11-13-4-2-3-5-16(13)19/h2-7,10H,8-9,11H2,1H3,(H2,20,21,22). The van der Waals surface area contributed by atoms with Crippen LogP contribution in [0.2, 0.25) is 10.0 Å². The number of nitrogens with one attached hydrogen (secondary N) is 2. The van der Waals surface area contributed by atoms with Crippen LogP contribution >= 0.6 is 23.2 Å². The number of rotatable bonds is 6. The summed E-state index contributed by atoms with van der Waals surface area (Å²) in [7, 11) is 0. The molecule has 0 aromatic heterocycles. The molecule has 0 saturated heterocycles. The molecule has 0 radical (unpaired) electrons. The Morgan fingerprint density at radius 2 is 1.87 bits per heavy atom. The van der Waals surface area contributed by atoms with Gasteiger partial charge in [-0.15, -0.1) is 0 Å². The maximum absolute atomic E-state index is 11.7. The molecule has 6 heteroatoms. The zero-order valence-electron chi connectivity index (χ0n) is 12.7. The van der Waals surface area contributed by atoms with Gasteiger partial charge in [0.25, 0.3) is 0 Å². The highest BCUT2D eigenvalue weighted by Gasteiger charge is 2.03. The fraction of sp³-hybridized carbons (Fsp3) is 0.235. The fourth-order valence-electron chi connectivity index (χ4n) is 1.92. The van der Waals surface area contributed by atoms with Gasteiger partial charge in [-0.3, -0.25) is 0 Å². The van der Waals surface area contributed by atoms with E-state index in [0.29, 0.717) is 29.7 Å². The van der Waals surface area contributed by atoms with E-state index >= 15 is 0 Å². The average Bonchev–Trinajstić information content (AvgIpc) is 2.54. The van der Waals surface area contributed by atoms with Gasteiger partial charge in [0.05, 0.1) is 6.54 Å². The van der Waals surface area contributed by atoms with Gasteiger partial charge in [0.1, 0.15) is 12.4 Å². The Morgan fingerprint density at radius 3 is 2.61 bits per heavy atom. The van der Waals surface area contributed by atoms with Gasteiger partial charge >= 0.3 is 6.03 Å². The molecule has 2 amide bonds. The van der Waals surface area contributed by atoms with Crippen molar-refractivity contribution in [3.8, 4) is 5.75 Å². The number of hydrogen-bond donors (Lipinski definition) is 2. The first-order valence-electron chi connectivity index (χ1n) is 7.20. The summed E-state index contributed by atoms with van der Waals surface area (Å²) in [5.41, 5.74) is 1.83. The molecule has 4 nitrogen and oxygen atoms in total. The van der Waals surface area contributed by atoms with Crippen LogP contribution in [-0.4, -0.2) is 19.2 Å². The third-order valence-electron chi connectivity index (χ3n) is 3.18. The molecular formula is C17H18Cl2N2O2. The Labute approximate surface area is 145 Å². The molecule has 2 N–H and O–H groups in total. The second-order valence-corrected chi connectivity index (χ2v) is 5.77. The molecule has 0 heterocycles. The van der Waals surface area contributed by atoms with Crippen molar-refractivity contribution in [1.29, 1.82) is 0 Å². The van der Waals surface area contributed by atoms with Gasteiger partial charge < -0.3 is 15.4 Å². The molecule has 2 aromatic carbocycles. The van der Waals surface area contributed by atoms with Crippen molar-refractivity contribution in [2.45, 2.75) is 13.5 Å². The topological polar surface area (TPSA) is 50.4 Å². The predicted octanol–water partition coefficient (Wildman–Crippen LogP) is 4.18. The first kappa shape index (κ1) is 17.4. The van der Waals surface area contributed by atoms with Crippen molar-refractivity contribution >= 4 is 29.2 Å². The van der Waals surface area contributed by atoms with Gasteiger partial charge in [-0.25, -0.2) is 4.79 Å². The van der Waals surface area contributed by atoms with Crippen molar-refractivity contribution in [3.63, 3.8) is 0 Å². The molecule has 0 fully saturated rings. The van der Waals surface area contributed by atoms with Gasteiger partial charge in [-0.1, -0.05) is 41.4 Å². The lowest BCUT2D eigenvalue weighted by molar-refractivity contribution is 0.236. The summed E-state index contributed by atoms with van der Waals surface area (Å²) in [5.74, 6) is 0.727. The molecule has 23 heavy (non-hydrogen) atoms. The van der Waals surface area contributed by atoms with E-state index in [0.717, 1.165) is 16.9 Å². The first-order chi connectivity index (χ1) is 11.1. The van der Waals surface area contributed by atoms with Crippen LogP contribution in [0.15, 0.2) is 42.5 Å². The van der Waals surface area contributed by atoms with Gasteiger partial charge in [0.2, 0.25) is 0 Å². The number of carbonyl (C=O) groups excluding carboxylic acids is 1. The van der Waals surface area contributed by atoms with Gasteiger partial charge in [-0.2, -0.15) is 0 Å². The van der Waals surface area contributed by atoms with Crippen LogP contribution in [0.1, 0.15) is 11.1 Å². The van der Waals surface area contributed by atoms with E-state index in [2.05, 4.69) is 10.6 Å². The SMILES string of the molecule is Cc1cc(OCCNC(=O)NCc2ccccc2Cl)ccc1Cl. The van der Waals surface area contributed by atoms with Crippen LogP contribution in [0.25, 0.3) is 0 Å². The van der Waals surface area contributed by atoms with Gasteiger partial charge in [-0.05, 0) is 42.3 Å². The molecular weight excluding hydrogens is 335 g/mol. The maximum atomic E-state index is 11.7. The number of hydrogen-bond acceptors (Lipinski definition) is 2. The molecule has 122 valence electrons. The molecule has 0 saturated carbocycles. The molecule has 2 aromatic rings. The quantitative estimate of drug-likeness (QED) is 0.766. The Hall–Kier alpha value is -1.91. The van der Waals surface area contributed by atoms with Crippen LogP contribution in [0.4, 0.5) is 4.79 Å². The van der Waals surface area contributed by atoms with Crippen molar-refractivity contribution in [3.05, 3.63) is 63.6 Å². The summed E-state index contributed by atoms with van der Waals surface area (Å²) in [6.45, 7) is 3.06. The van der Waals surface area contributed by atoms with E-state index in [4.69, 9.17) is 27.9 Å². The minimum Gasteiger partial charge on any atom is -0.492 e. The lowest BCUT2D eigenvalue weighted by atomic mass is 10.2. The van der Waals surface area contributed by atoms with Crippen LogP contribution in [0.3, 0.4) is 0 Å². The van der Waals surface area contributed by atoms with E-state index in [1.807, 2.05) is 31.2 Å². The lowest BCUT2D eigenvalue weighted by Gasteiger charge is -2.10. The van der Waals surface area contributed by atoms with Crippen molar-refractivity contribution in [2.75, 3.05) is 13.2 Å². The first-order valence-corrected chi connectivity index (χ1v) is 7.96. The zero-order valence-corrected chi connectivity index (χ0v) is 14.2. The van der Waals surface area contributed by atoms with E-state index in [1.54, 1.807) is 18.2 Å². The van der Waals surface area contributed by atoms with Crippen molar-refractivity contribution < 1.29 is 9.53 Å². The summed E-state index contributed by atoms with van der Waals surface area (Å²) < 4.78 is 5.55. The van der Waals surface area contributed by atoms with Gasteiger partial charge in [0.15, 0.2) is 0 Å². The summed E-state index contributed by atoms with van der Waals surface area (Å²) in [5, 5.41) is 6.81. The second-order valence-electron chi connectivity index (χ2n) is 4.96. The number of ether oxygens (including phenoxy) is 1. The number of benzene rings is 2. The number of aryl methyl sites for hydroxylation is 1. The van der Waals surface area contributed by atoms with Gasteiger partial charge in [0, 0.05) is 16.6 Å². The predicted molar refractivity (Wildman–Crippen MR) is 93.4 cm³/mol. The second kappa shape index (κ2) is 8.65. The number of carbonyl (C=O) groups is 1. The maximum Gasteiger partial charge on any atom is 0.315 e. The summed E-state index contributed by atoms with van der Waals surface area (Å²) in [4.78, 5) is 11.7. The minimum atomic E-state index is -0.263. The fourth-order valence-corrected chi connectivity index (χ4v) is 2.24. The van der Waals surface area contributed by atoms with Crippen LogP contribution in [0, 0.1) is 6.92 Å². The molecule has 0 atom stereocenters. The van der Waals surface area contributed by atoms with Crippen LogP contribution in [0.5, 0.6) is 5.75 Å². The normalized spacial score (nSPS) is 10.2. The largest absolute Gasteiger partial charge is 0.492 e. The highest BCUT2D eigenvalue weighted by Crippen LogP contribution is 2.20. The average molecular weight is 353 g/mol. The molecule has 2 rings (SSSR count). The third kappa shape index (κ3) is 5.66. The van der Waals surface area contributed by atoms with Crippen molar-refractivity contribution in [1.82, 2.24) is 10.6 Å². The molecule has 0 spiro atoms. The van der Waals surface area contributed by atoms with E-state index < -0.39 is 0 Å². The number of urea groups is 1. The van der Waals surface area contributed by atoms with E-state index in [9.17, 15) is 4.79 Å². The Kier molecular flexibility index (Phi) is 6.56.